The third-order valence-electron chi connectivity index (χ3n) is 4.12. The quantitative estimate of drug-likeness (QED) is 0.273. The minimum Gasteiger partial charge on any atom is -0.370 e. The molecule has 2 heterocycles. The summed E-state index contributed by atoms with van der Waals surface area (Å²) >= 11 is 1.72. The number of amides is 1. The number of aryl methyl sites for hydroxylation is 2. The summed E-state index contributed by atoms with van der Waals surface area (Å²) in [5.41, 5.74) is 6.45. The fraction of sp³-hybridized carbons (Fsp3) is 0.706. The van der Waals surface area contributed by atoms with Crippen LogP contribution in [0.1, 0.15) is 43.3 Å². The first kappa shape index (κ1) is 22.1. The number of piperidine rings is 1. The predicted octanol–water partition coefficient (Wildman–Crippen LogP) is 2.56. The monoisotopic (exact) mass is 479 g/mol. The summed E-state index contributed by atoms with van der Waals surface area (Å²) in [5, 5.41) is 6.66. The van der Waals surface area contributed by atoms with E-state index in [0.29, 0.717) is 12.3 Å². The van der Waals surface area contributed by atoms with Gasteiger partial charge in [-0.3, -0.25) is 9.79 Å². The van der Waals surface area contributed by atoms with Gasteiger partial charge in [-0.15, -0.1) is 35.3 Å². The smallest absolute Gasteiger partial charge is 0.217 e. The minimum atomic E-state index is -0.206. The molecule has 0 spiro atoms. The lowest BCUT2D eigenvalue weighted by Gasteiger charge is -2.34. The number of halogens is 1. The number of aliphatic imine (C=N–C) groups is 1. The van der Waals surface area contributed by atoms with Gasteiger partial charge in [-0.1, -0.05) is 0 Å². The molecular weight excluding hydrogens is 449 g/mol. The van der Waals surface area contributed by atoms with Gasteiger partial charge in [0.05, 0.1) is 5.01 Å². The second kappa shape index (κ2) is 11.7. The van der Waals surface area contributed by atoms with E-state index in [-0.39, 0.29) is 29.9 Å². The van der Waals surface area contributed by atoms with Crippen molar-refractivity contribution < 1.29 is 4.79 Å². The standard InChI is InChI=1S/C17H29N5OS.HI/c1-3-19-17(20-8-4-7-16-21-13(2)12-24-16)22-9-5-6-14(11-22)10-15(18)23;/h12,14H,3-11H2,1-2H3,(H2,18,23)(H,19,20);1H. The largest absolute Gasteiger partial charge is 0.370 e. The van der Waals surface area contributed by atoms with Crippen LogP contribution in [0.4, 0.5) is 0 Å². The Bertz CT molecular complexity index is 563. The summed E-state index contributed by atoms with van der Waals surface area (Å²) < 4.78 is 0. The number of guanidine groups is 1. The van der Waals surface area contributed by atoms with Gasteiger partial charge < -0.3 is 16.0 Å². The Morgan fingerprint density at radius 3 is 3.00 bits per heavy atom. The Hall–Kier alpha value is -0.900. The molecule has 2 rings (SSSR count). The molecule has 1 aromatic heterocycles. The number of thiazole rings is 1. The number of nitrogens with one attached hydrogen (secondary N) is 1. The van der Waals surface area contributed by atoms with Gasteiger partial charge in [0.15, 0.2) is 5.96 Å². The van der Waals surface area contributed by atoms with E-state index in [1.165, 1.54) is 5.01 Å². The zero-order chi connectivity index (χ0) is 17.4. The molecule has 0 radical (unpaired) electrons. The molecule has 1 aliphatic heterocycles. The van der Waals surface area contributed by atoms with E-state index < -0.39 is 0 Å². The van der Waals surface area contributed by atoms with Crippen molar-refractivity contribution in [3.05, 3.63) is 16.1 Å². The summed E-state index contributed by atoms with van der Waals surface area (Å²) in [6.45, 7) is 7.60. The molecule has 0 aromatic carbocycles. The van der Waals surface area contributed by atoms with Crippen molar-refractivity contribution in [3.63, 3.8) is 0 Å². The molecule has 6 nitrogen and oxygen atoms in total. The summed E-state index contributed by atoms with van der Waals surface area (Å²) in [7, 11) is 0. The van der Waals surface area contributed by atoms with Crippen molar-refractivity contribution >= 4 is 47.2 Å². The Balaban J connectivity index is 0.00000312. The lowest BCUT2D eigenvalue weighted by atomic mass is 9.95. The lowest BCUT2D eigenvalue weighted by Crippen LogP contribution is -2.47. The van der Waals surface area contributed by atoms with Gasteiger partial charge in [-0.2, -0.15) is 0 Å². The Kier molecular flexibility index (Phi) is 10.3. The van der Waals surface area contributed by atoms with Crippen molar-refractivity contribution in [3.8, 4) is 0 Å². The van der Waals surface area contributed by atoms with Crippen LogP contribution in [-0.2, 0) is 11.2 Å². The molecule has 142 valence electrons. The lowest BCUT2D eigenvalue weighted by molar-refractivity contribution is -0.119. The molecule has 8 heteroatoms. The van der Waals surface area contributed by atoms with Gasteiger partial charge in [0, 0.05) is 50.1 Å². The van der Waals surface area contributed by atoms with Gasteiger partial charge in [0.2, 0.25) is 5.91 Å². The van der Waals surface area contributed by atoms with Crippen LogP contribution in [0.3, 0.4) is 0 Å². The average molecular weight is 479 g/mol. The number of rotatable bonds is 7. The normalized spacial score (nSPS) is 17.9. The molecule has 0 saturated carbocycles. The molecule has 1 amide bonds. The number of carbonyl (C=O) groups is 1. The van der Waals surface area contributed by atoms with E-state index in [0.717, 1.165) is 63.5 Å². The number of nitrogens with two attached hydrogens (primary N) is 1. The van der Waals surface area contributed by atoms with Crippen molar-refractivity contribution in [2.24, 2.45) is 16.6 Å². The molecule has 0 bridgehead atoms. The highest BCUT2D eigenvalue weighted by atomic mass is 127. The fourth-order valence-corrected chi connectivity index (χ4v) is 3.89. The van der Waals surface area contributed by atoms with Gasteiger partial charge in [-0.25, -0.2) is 4.98 Å². The van der Waals surface area contributed by atoms with Gasteiger partial charge in [0.25, 0.3) is 0 Å². The number of hydrogen-bond acceptors (Lipinski definition) is 4. The molecular formula is C17H30IN5OS. The van der Waals surface area contributed by atoms with Gasteiger partial charge in [0.1, 0.15) is 0 Å². The summed E-state index contributed by atoms with van der Waals surface area (Å²) in [6, 6.07) is 0. The topological polar surface area (TPSA) is 83.6 Å². The maximum Gasteiger partial charge on any atom is 0.217 e. The first-order valence-corrected chi connectivity index (χ1v) is 9.69. The number of hydrogen-bond donors (Lipinski definition) is 2. The molecule has 0 aliphatic carbocycles. The first-order chi connectivity index (χ1) is 11.6. The van der Waals surface area contributed by atoms with E-state index in [1.54, 1.807) is 11.3 Å². The maximum atomic E-state index is 11.2. The number of aromatic nitrogens is 1. The van der Waals surface area contributed by atoms with Crippen LogP contribution in [0.25, 0.3) is 0 Å². The zero-order valence-electron chi connectivity index (χ0n) is 15.2. The first-order valence-electron chi connectivity index (χ1n) is 8.81. The van der Waals surface area contributed by atoms with Crippen LogP contribution in [0.2, 0.25) is 0 Å². The number of carbonyl (C=O) groups excluding carboxylic acids is 1. The van der Waals surface area contributed by atoms with E-state index in [2.05, 4.69) is 27.5 Å². The molecule has 25 heavy (non-hydrogen) atoms. The van der Waals surface area contributed by atoms with E-state index in [1.807, 2.05) is 6.92 Å². The van der Waals surface area contributed by atoms with Crippen LogP contribution in [0, 0.1) is 12.8 Å². The molecule has 1 unspecified atom stereocenters. The zero-order valence-corrected chi connectivity index (χ0v) is 18.3. The SMILES string of the molecule is CCNC(=NCCCc1nc(C)cs1)N1CCCC(CC(N)=O)C1.I. The van der Waals surface area contributed by atoms with Crippen LogP contribution >= 0.6 is 35.3 Å². The summed E-state index contributed by atoms with van der Waals surface area (Å²) in [4.78, 5) is 22.7. The highest BCUT2D eigenvalue weighted by molar-refractivity contribution is 14.0. The van der Waals surface area contributed by atoms with Crippen LogP contribution in [-0.4, -0.2) is 47.9 Å². The molecule has 3 N–H and O–H groups in total. The van der Waals surface area contributed by atoms with Crippen molar-refractivity contribution in [1.82, 2.24) is 15.2 Å². The fourth-order valence-electron chi connectivity index (χ4n) is 3.07. The second-order valence-corrected chi connectivity index (χ2v) is 7.29. The highest BCUT2D eigenvalue weighted by Gasteiger charge is 2.23. The van der Waals surface area contributed by atoms with Gasteiger partial charge in [-0.05, 0) is 39.0 Å². The van der Waals surface area contributed by atoms with Crippen LogP contribution in [0.5, 0.6) is 0 Å². The molecule has 1 fully saturated rings. The number of primary amides is 1. The maximum absolute atomic E-state index is 11.2. The Morgan fingerprint density at radius 2 is 2.36 bits per heavy atom. The van der Waals surface area contributed by atoms with E-state index >= 15 is 0 Å². The Labute approximate surface area is 171 Å². The van der Waals surface area contributed by atoms with Gasteiger partial charge >= 0.3 is 0 Å². The van der Waals surface area contributed by atoms with E-state index in [4.69, 9.17) is 10.7 Å². The number of likely N-dealkylation sites (tertiary alicyclic amines) is 1. The van der Waals surface area contributed by atoms with Crippen LogP contribution < -0.4 is 11.1 Å². The summed E-state index contributed by atoms with van der Waals surface area (Å²) in [5.74, 6) is 1.10. The highest BCUT2D eigenvalue weighted by Crippen LogP contribution is 2.19. The number of nitrogens with zero attached hydrogens (tertiary/aromatic N) is 3. The molecule has 1 atom stereocenters. The summed E-state index contributed by atoms with van der Waals surface area (Å²) in [6.07, 6.45) is 4.61. The third kappa shape index (κ3) is 7.89. The Morgan fingerprint density at radius 1 is 1.56 bits per heavy atom. The second-order valence-electron chi connectivity index (χ2n) is 6.35. The third-order valence-corrected chi connectivity index (χ3v) is 5.15. The van der Waals surface area contributed by atoms with Crippen LogP contribution in [0.15, 0.2) is 10.4 Å². The minimum absolute atomic E-state index is 0. The molecule has 1 aliphatic rings. The van der Waals surface area contributed by atoms with E-state index in [9.17, 15) is 4.79 Å². The molecule has 1 saturated heterocycles. The predicted molar refractivity (Wildman–Crippen MR) is 115 cm³/mol. The van der Waals surface area contributed by atoms with Crippen molar-refractivity contribution in [1.29, 1.82) is 0 Å². The molecule has 1 aromatic rings. The van der Waals surface area contributed by atoms with Crippen molar-refractivity contribution in [2.45, 2.75) is 46.0 Å². The van der Waals surface area contributed by atoms with Crippen molar-refractivity contribution in [2.75, 3.05) is 26.2 Å². The average Bonchev–Trinajstić information content (AvgIpc) is 2.95.